The lowest BCUT2D eigenvalue weighted by Crippen LogP contribution is -2.34. The molecule has 0 heterocycles. The molecule has 0 aromatic heterocycles. The molecule has 1 aliphatic rings. The van der Waals surface area contributed by atoms with Crippen LogP contribution in [-0.4, -0.2) is 25.0 Å². The quantitative estimate of drug-likeness (QED) is 0.582. The van der Waals surface area contributed by atoms with Crippen molar-refractivity contribution in [2.24, 2.45) is 5.92 Å². The molecule has 1 aliphatic carbocycles. The SMILES string of the molecule is CN(C)C(C#N)C1CC=CCC1. The molecule has 0 aromatic rings. The molecule has 66 valence electrons. The molecule has 12 heavy (non-hydrogen) atoms. The van der Waals surface area contributed by atoms with Gasteiger partial charge in [-0.25, -0.2) is 0 Å². The van der Waals surface area contributed by atoms with E-state index in [4.69, 9.17) is 5.26 Å². The second-order valence-electron chi connectivity index (χ2n) is 3.58. The second-order valence-corrected chi connectivity index (χ2v) is 3.58. The summed E-state index contributed by atoms with van der Waals surface area (Å²) in [5.41, 5.74) is 0. The van der Waals surface area contributed by atoms with Crippen LogP contribution in [0.4, 0.5) is 0 Å². The first-order valence-electron chi connectivity index (χ1n) is 4.46. The number of hydrogen-bond donors (Lipinski definition) is 0. The molecule has 1 rings (SSSR count). The lowest BCUT2D eigenvalue weighted by molar-refractivity contribution is 0.248. The summed E-state index contributed by atoms with van der Waals surface area (Å²) < 4.78 is 0. The molecular formula is C10H16N2. The molecule has 0 saturated carbocycles. The van der Waals surface area contributed by atoms with Gasteiger partial charge in [0.2, 0.25) is 0 Å². The minimum absolute atomic E-state index is 0.0925. The number of allylic oxidation sites excluding steroid dienone is 2. The van der Waals surface area contributed by atoms with E-state index in [-0.39, 0.29) is 6.04 Å². The van der Waals surface area contributed by atoms with Crippen molar-refractivity contribution in [3.8, 4) is 6.07 Å². The first-order chi connectivity index (χ1) is 5.75. The van der Waals surface area contributed by atoms with Crippen molar-refractivity contribution in [3.05, 3.63) is 12.2 Å². The van der Waals surface area contributed by atoms with Gasteiger partial charge < -0.3 is 0 Å². The average molecular weight is 164 g/mol. The van der Waals surface area contributed by atoms with Crippen molar-refractivity contribution in [1.29, 1.82) is 5.26 Å². The minimum Gasteiger partial charge on any atom is -0.294 e. The maximum atomic E-state index is 8.93. The normalized spacial score (nSPS) is 25.3. The molecule has 0 N–H and O–H groups in total. The van der Waals surface area contributed by atoms with E-state index in [9.17, 15) is 0 Å². The van der Waals surface area contributed by atoms with Gasteiger partial charge in [0.25, 0.3) is 0 Å². The lowest BCUT2D eigenvalue weighted by Gasteiger charge is -2.27. The van der Waals surface area contributed by atoms with Gasteiger partial charge in [0, 0.05) is 0 Å². The predicted molar refractivity (Wildman–Crippen MR) is 49.6 cm³/mol. The first kappa shape index (κ1) is 9.28. The van der Waals surface area contributed by atoms with Gasteiger partial charge in [0.1, 0.15) is 6.04 Å². The Morgan fingerprint density at radius 2 is 2.25 bits per heavy atom. The van der Waals surface area contributed by atoms with Crippen LogP contribution in [0.3, 0.4) is 0 Å². The van der Waals surface area contributed by atoms with Crippen molar-refractivity contribution < 1.29 is 0 Å². The molecule has 0 fully saturated rings. The van der Waals surface area contributed by atoms with Crippen LogP contribution in [0.25, 0.3) is 0 Å². The predicted octanol–water partition coefficient (Wildman–Crippen LogP) is 1.80. The third kappa shape index (κ3) is 2.09. The van der Waals surface area contributed by atoms with Gasteiger partial charge in [0.05, 0.1) is 6.07 Å². The van der Waals surface area contributed by atoms with E-state index in [1.54, 1.807) is 0 Å². The molecular weight excluding hydrogens is 148 g/mol. The van der Waals surface area contributed by atoms with Crippen LogP contribution in [0.2, 0.25) is 0 Å². The summed E-state index contributed by atoms with van der Waals surface area (Å²) in [5, 5.41) is 8.93. The molecule has 0 amide bonds. The van der Waals surface area contributed by atoms with Gasteiger partial charge in [0.15, 0.2) is 0 Å². The highest BCUT2D eigenvalue weighted by Crippen LogP contribution is 2.23. The monoisotopic (exact) mass is 164 g/mol. The Kier molecular flexibility index (Phi) is 3.31. The molecule has 0 radical (unpaired) electrons. The van der Waals surface area contributed by atoms with Gasteiger partial charge in [-0.2, -0.15) is 5.26 Å². The van der Waals surface area contributed by atoms with E-state index in [0.29, 0.717) is 5.92 Å². The van der Waals surface area contributed by atoms with Gasteiger partial charge in [-0.05, 0) is 39.3 Å². The van der Waals surface area contributed by atoms with Crippen molar-refractivity contribution >= 4 is 0 Å². The van der Waals surface area contributed by atoms with Crippen molar-refractivity contribution in [1.82, 2.24) is 4.90 Å². The highest BCUT2D eigenvalue weighted by molar-refractivity contribution is 5.01. The minimum atomic E-state index is 0.0925. The van der Waals surface area contributed by atoms with E-state index in [2.05, 4.69) is 18.2 Å². The maximum Gasteiger partial charge on any atom is 0.100 e. The zero-order valence-corrected chi connectivity index (χ0v) is 7.83. The third-order valence-electron chi connectivity index (χ3n) is 2.44. The molecule has 2 heteroatoms. The van der Waals surface area contributed by atoms with Gasteiger partial charge in [-0.3, -0.25) is 4.90 Å². The van der Waals surface area contributed by atoms with Crippen LogP contribution >= 0.6 is 0 Å². The largest absolute Gasteiger partial charge is 0.294 e. The molecule has 0 aliphatic heterocycles. The smallest absolute Gasteiger partial charge is 0.100 e. The summed E-state index contributed by atoms with van der Waals surface area (Å²) in [6, 6.07) is 2.46. The number of nitrogens with zero attached hydrogens (tertiary/aromatic N) is 2. The molecule has 0 saturated heterocycles. The first-order valence-corrected chi connectivity index (χ1v) is 4.46. The van der Waals surface area contributed by atoms with Crippen LogP contribution in [-0.2, 0) is 0 Å². The fourth-order valence-corrected chi connectivity index (χ4v) is 1.75. The van der Waals surface area contributed by atoms with E-state index in [1.165, 1.54) is 0 Å². The topological polar surface area (TPSA) is 27.0 Å². The summed E-state index contributed by atoms with van der Waals surface area (Å²) >= 11 is 0. The summed E-state index contributed by atoms with van der Waals surface area (Å²) in [4.78, 5) is 2.02. The standard InChI is InChI=1S/C10H16N2/c1-12(2)10(8-11)9-6-4-3-5-7-9/h3-4,9-10H,5-7H2,1-2H3. The Morgan fingerprint density at radius 1 is 1.50 bits per heavy atom. The van der Waals surface area contributed by atoms with Crippen LogP contribution in [0.15, 0.2) is 12.2 Å². The molecule has 0 bridgehead atoms. The molecule has 2 unspecified atom stereocenters. The van der Waals surface area contributed by atoms with Crippen LogP contribution in [0, 0.1) is 17.2 Å². The highest BCUT2D eigenvalue weighted by Gasteiger charge is 2.22. The van der Waals surface area contributed by atoms with Crippen LogP contribution in [0.5, 0.6) is 0 Å². The van der Waals surface area contributed by atoms with Crippen molar-refractivity contribution in [2.75, 3.05) is 14.1 Å². The van der Waals surface area contributed by atoms with E-state index in [1.807, 2.05) is 19.0 Å². The zero-order chi connectivity index (χ0) is 8.97. The summed E-state index contributed by atoms with van der Waals surface area (Å²) in [6.07, 6.45) is 7.77. The Morgan fingerprint density at radius 3 is 2.67 bits per heavy atom. The third-order valence-corrected chi connectivity index (χ3v) is 2.44. The van der Waals surface area contributed by atoms with Crippen LogP contribution in [0.1, 0.15) is 19.3 Å². The molecule has 2 nitrogen and oxygen atoms in total. The van der Waals surface area contributed by atoms with Gasteiger partial charge >= 0.3 is 0 Å². The lowest BCUT2D eigenvalue weighted by atomic mass is 9.88. The van der Waals surface area contributed by atoms with E-state index < -0.39 is 0 Å². The Hall–Kier alpha value is -0.810. The van der Waals surface area contributed by atoms with E-state index in [0.717, 1.165) is 19.3 Å². The summed E-state index contributed by atoms with van der Waals surface area (Å²) in [7, 11) is 3.96. The maximum absolute atomic E-state index is 8.93. The number of nitriles is 1. The van der Waals surface area contributed by atoms with Crippen molar-refractivity contribution in [2.45, 2.75) is 25.3 Å². The van der Waals surface area contributed by atoms with Gasteiger partial charge in [-0.15, -0.1) is 0 Å². The average Bonchev–Trinajstić information content (AvgIpc) is 2.07. The fraction of sp³-hybridized carbons (Fsp3) is 0.700. The molecule has 0 aromatic carbocycles. The summed E-state index contributed by atoms with van der Waals surface area (Å²) in [5.74, 6) is 0.537. The Bertz CT molecular complexity index is 200. The molecule has 0 spiro atoms. The fourth-order valence-electron chi connectivity index (χ4n) is 1.75. The number of rotatable bonds is 2. The van der Waals surface area contributed by atoms with Crippen molar-refractivity contribution in [3.63, 3.8) is 0 Å². The van der Waals surface area contributed by atoms with Crippen LogP contribution < -0.4 is 0 Å². The Balaban J connectivity index is 2.55. The number of hydrogen-bond acceptors (Lipinski definition) is 2. The second kappa shape index (κ2) is 4.27. The highest BCUT2D eigenvalue weighted by atomic mass is 15.1. The van der Waals surface area contributed by atoms with E-state index >= 15 is 0 Å². The zero-order valence-electron chi connectivity index (χ0n) is 7.83. The molecule has 2 atom stereocenters. The van der Waals surface area contributed by atoms with Gasteiger partial charge in [-0.1, -0.05) is 12.2 Å². The Labute approximate surface area is 74.5 Å². The summed E-state index contributed by atoms with van der Waals surface area (Å²) in [6.45, 7) is 0.